The van der Waals surface area contributed by atoms with Gasteiger partial charge >= 0.3 is 5.97 Å². The second kappa shape index (κ2) is 22.3. The summed E-state index contributed by atoms with van der Waals surface area (Å²) in [6.07, 6.45) is 20.5. The third kappa shape index (κ3) is 15.0. The van der Waals surface area contributed by atoms with Crippen LogP contribution in [-0.2, 0) is 11.3 Å². The van der Waals surface area contributed by atoms with Crippen LogP contribution in [0.15, 0.2) is 72.8 Å². The van der Waals surface area contributed by atoms with E-state index in [2.05, 4.69) is 50.2 Å². The van der Waals surface area contributed by atoms with E-state index in [0.717, 1.165) is 60.5 Å². The summed E-state index contributed by atoms with van der Waals surface area (Å²) >= 11 is 0. The molecule has 0 aromatic heterocycles. The van der Waals surface area contributed by atoms with Gasteiger partial charge in [-0.1, -0.05) is 134 Å². The number of rotatable bonds is 24. The molecule has 4 heteroatoms. The summed E-state index contributed by atoms with van der Waals surface area (Å²) in [4.78, 5) is 12.4. The van der Waals surface area contributed by atoms with E-state index < -0.39 is 0 Å². The molecule has 0 heterocycles. The number of ether oxygens (including phenoxy) is 3. The highest BCUT2D eigenvalue weighted by atomic mass is 16.5. The van der Waals surface area contributed by atoms with E-state index in [1.165, 1.54) is 77.0 Å². The maximum absolute atomic E-state index is 12.4. The van der Waals surface area contributed by atoms with Crippen LogP contribution in [0.2, 0.25) is 0 Å². The topological polar surface area (TPSA) is 44.8 Å². The molecule has 0 radical (unpaired) electrons. The maximum atomic E-state index is 12.4. The van der Waals surface area contributed by atoms with Gasteiger partial charge in [0.05, 0.1) is 18.3 Å². The Morgan fingerprint density at radius 2 is 1.02 bits per heavy atom. The van der Waals surface area contributed by atoms with Crippen molar-refractivity contribution in [3.8, 4) is 22.6 Å². The van der Waals surface area contributed by atoms with Crippen LogP contribution in [0.4, 0.5) is 0 Å². The third-order valence-corrected chi connectivity index (χ3v) is 8.43. The van der Waals surface area contributed by atoms with Crippen molar-refractivity contribution < 1.29 is 19.0 Å². The highest BCUT2D eigenvalue weighted by molar-refractivity contribution is 5.89. The summed E-state index contributed by atoms with van der Waals surface area (Å²) in [6, 6.07) is 24.0. The van der Waals surface area contributed by atoms with Crippen molar-refractivity contribution in [3.63, 3.8) is 0 Å². The largest absolute Gasteiger partial charge is 0.494 e. The van der Waals surface area contributed by atoms with E-state index in [1.807, 2.05) is 43.3 Å². The smallest absolute Gasteiger partial charge is 0.338 e. The van der Waals surface area contributed by atoms with Gasteiger partial charge in [0.15, 0.2) is 0 Å². The molecule has 1 unspecified atom stereocenters. The normalized spacial score (nSPS) is 11.7. The first kappa shape index (κ1) is 36.2. The first-order valence-electron chi connectivity index (χ1n) is 17.8. The van der Waals surface area contributed by atoms with Gasteiger partial charge in [0.1, 0.15) is 18.1 Å². The number of carbonyl (C=O) groups excluding carboxylic acids is 1. The Bertz CT molecular complexity index is 1170. The van der Waals surface area contributed by atoms with Crippen LogP contribution in [0.3, 0.4) is 0 Å². The van der Waals surface area contributed by atoms with E-state index in [1.54, 1.807) is 0 Å². The molecule has 3 rings (SSSR count). The van der Waals surface area contributed by atoms with Gasteiger partial charge in [-0.15, -0.1) is 0 Å². The van der Waals surface area contributed by atoms with E-state index >= 15 is 0 Å². The summed E-state index contributed by atoms with van der Waals surface area (Å²) < 4.78 is 17.6. The lowest BCUT2D eigenvalue weighted by molar-refractivity contribution is 0.0319. The minimum Gasteiger partial charge on any atom is -0.494 e. The molecular formula is C41H58O4. The molecule has 0 amide bonds. The quantitative estimate of drug-likeness (QED) is 0.0744. The van der Waals surface area contributed by atoms with Crippen LogP contribution in [0.5, 0.6) is 11.5 Å². The van der Waals surface area contributed by atoms with Crippen LogP contribution < -0.4 is 9.47 Å². The minimum atomic E-state index is -0.263. The van der Waals surface area contributed by atoms with Crippen LogP contribution in [-0.4, -0.2) is 18.7 Å². The van der Waals surface area contributed by atoms with E-state index in [0.29, 0.717) is 12.2 Å². The summed E-state index contributed by atoms with van der Waals surface area (Å²) in [5, 5.41) is 0. The van der Waals surface area contributed by atoms with Crippen molar-refractivity contribution in [2.24, 2.45) is 0 Å². The molecule has 0 aliphatic heterocycles. The molecular weight excluding hydrogens is 556 g/mol. The van der Waals surface area contributed by atoms with E-state index in [9.17, 15) is 4.79 Å². The van der Waals surface area contributed by atoms with Gasteiger partial charge < -0.3 is 14.2 Å². The van der Waals surface area contributed by atoms with Gasteiger partial charge in [-0.05, 0) is 79.3 Å². The van der Waals surface area contributed by atoms with Gasteiger partial charge in [-0.3, -0.25) is 0 Å². The Morgan fingerprint density at radius 1 is 0.556 bits per heavy atom. The van der Waals surface area contributed by atoms with Crippen molar-refractivity contribution in [2.45, 2.75) is 136 Å². The van der Waals surface area contributed by atoms with E-state index in [-0.39, 0.29) is 12.1 Å². The Balaban J connectivity index is 1.29. The molecule has 4 nitrogen and oxygen atoms in total. The van der Waals surface area contributed by atoms with Gasteiger partial charge in [0, 0.05) is 0 Å². The van der Waals surface area contributed by atoms with Gasteiger partial charge in [0.2, 0.25) is 0 Å². The molecule has 1 atom stereocenters. The first-order valence-corrected chi connectivity index (χ1v) is 17.8. The van der Waals surface area contributed by atoms with Crippen molar-refractivity contribution in [2.75, 3.05) is 6.61 Å². The first-order chi connectivity index (χ1) is 22.1. The summed E-state index contributed by atoms with van der Waals surface area (Å²) in [5.74, 6) is 1.48. The SMILES string of the molecule is CCCCCCCCCCCCCCOc1ccc(-c2ccc(OCc3ccc(C(=O)OC(C)CCCCC)cc3)cc2)cc1. The highest BCUT2D eigenvalue weighted by Crippen LogP contribution is 2.25. The lowest BCUT2D eigenvalue weighted by atomic mass is 10.1. The lowest BCUT2D eigenvalue weighted by Crippen LogP contribution is -2.15. The molecule has 3 aromatic rings. The average molecular weight is 615 g/mol. The number of benzene rings is 3. The van der Waals surface area contributed by atoms with Crippen LogP contribution in [0, 0.1) is 0 Å². The molecule has 0 aliphatic carbocycles. The van der Waals surface area contributed by atoms with Gasteiger partial charge in [0.25, 0.3) is 0 Å². The standard InChI is InChI=1S/C41H58O4/c1-4-6-8-9-10-11-12-13-14-15-16-18-32-43-39-28-24-36(25-29-39)37-26-30-40(31-27-37)44-33-35-20-22-38(23-21-35)41(42)45-34(3)19-17-7-5-2/h20-31,34H,4-19,32-33H2,1-3H3. The highest BCUT2D eigenvalue weighted by Gasteiger charge is 2.12. The fourth-order valence-corrected chi connectivity index (χ4v) is 5.52. The van der Waals surface area contributed by atoms with Crippen molar-refractivity contribution in [3.05, 3.63) is 83.9 Å². The van der Waals surface area contributed by atoms with Crippen LogP contribution in [0.1, 0.15) is 139 Å². The monoisotopic (exact) mass is 614 g/mol. The second-order valence-electron chi connectivity index (χ2n) is 12.5. The minimum absolute atomic E-state index is 0.0600. The summed E-state index contributed by atoms with van der Waals surface area (Å²) in [5.41, 5.74) is 3.87. The van der Waals surface area contributed by atoms with Crippen LogP contribution >= 0.6 is 0 Å². The summed E-state index contributed by atoms with van der Waals surface area (Å²) in [6.45, 7) is 7.64. The Morgan fingerprint density at radius 3 is 1.56 bits per heavy atom. The zero-order valence-corrected chi connectivity index (χ0v) is 28.4. The summed E-state index contributed by atoms with van der Waals surface area (Å²) in [7, 11) is 0. The predicted molar refractivity (Wildman–Crippen MR) is 188 cm³/mol. The Hall–Kier alpha value is -3.27. The molecule has 0 fully saturated rings. The van der Waals surface area contributed by atoms with E-state index in [4.69, 9.17) is 14.2 Å². The molecule has 0 aliphatic rings. The molecule has 0 saturated carbocycles. The molecule has 0 saturated heterocycles. The second-order valence-corrected chi connectivity index (χ2v) is 12.5. The van der Waals surface area contributed by atoms with Crippen molar-refractivity contribution in [1.82, 2.24) is 0 Å². The fourth-order valence-electron chi connectivity index (χ4n) is 5.52. The number of hydrogen-bond acceptors (Lipinski definition) is 4. The van der Waals surface area contributed by atoms with Gasteiger partial charge in [-0.2, -0.15) is 0 Å². The molecule has 0 N–H and O–H groups in total. The molecule has 45 heavy (non-hydrogen) atoms. The Labute approximate surface area is 273 Å². The molecule has 0 spiro atoms. The zero-order valence-electron chi connectivity index (χ0n) is 28.4. The predicted octanol–water partition coefficient (Wildman–Crippen LogP) is 12.1. The molecule has 0 bridgehead atoms. The van der Waals surface area contributed by atoms with Crippen molar-refractivity contribution >= 4 is 5.97 Å². The molecule has 3 aromatic carbocycles. The molecule has 246 valence electrons. The number of hydrogen-bond donors (Lipinski definition) is 0. The Kier molecular flexibility index (Phi) is 17.9. The van der Waals surface area contributed by atoms with Gasteiger partial charge in [-0.25, -0.2) is 4.79 Å². The maximum Gasteiger partial charge on any atom is 0.338 e. The number of carbonyl (C=O) groups is 1. The third-order valence-electron chi connectivity index (χ3n) is 8.43. The van der Waals surface area contributed by atoms with Crippen LogP contribution in [0.25, 0.3) is 11.1 Å². The fraction of sp³-hybridized carbons (Fsp3) is 0.537. The van der Waals surface area contributed by atoms with Crippen molar-refractivity contribution in [1.29, 1.82) is 0 Å². The average Bonchev–Trinajstić information content (AvgIpc) is 3.07. The number of unbranched alkanes of at least 4 members (excludes halogenated alkanes) is 13. The lowest BCUT2D eigenvalue weighted by Gasteiger charge is -2.13. The zero-order chi connectivity index (χ0) is 32.0. The number of esters is 1.